The molecule has 5 nitrogen and oxygen atoms in total. The second-order valence-electron chi connectivity index (χ2n) is 5.97. The number of benzene rings is 1. The van der Waals surface area contributed by atoms with Crippen LogP contribution in [0.1, 0.15) is 19.4 Å². The van der Waals surface area contributed by atoms with Crippen LogP contribution in [0.5, 0.6) is 5.75 Å². The lowest BCUT2D eigenvalue weighted by Crippen LogP contribution is -2.34. The van der Waals surface area contributed by atoms with E-state index in [4.69, 9.17) is 10.5 Å². The molecular weight excluding hydrogens is 290 g/mol. The third-order valence-corrected chi connectivity index (χ3v) is 4.19. The van der Waals surface area contributed by atoms with Gasteiger partial charge in [0.1, 0.15) is 11.6 Å². The minimum atomic E-state index is -0.266. The van der Waals surface area contributed by atoms with Crippen molar-refractivity contribution in [2.45, 2.75) is 26.3 Å². The van der Waals surface area contributed by atoms with Gasteiger partial charge in [-0.1, -0.05) is 13.0 Å². The number of aromatic nitrogens is 1. The third kappa shape index (κ3) is 3.35. The van der Waals surface area contributed by atoms with Crippen LogP contribution in [0, 0.1) is 5.92 Å². The van der Waals surface area contributed by atoms with Crippen molar-refractivity contribution in [2.24, 2.45) is 11.7 Å². The predicted molar refractivity (Wildman–Crippen MR) is 90.3 cm³/mol. The van der Waals surface area contributed by atoms with E-state index in [1.54, 1.807) is 6.07 Å². The molecule has 2 atom stereocenters. The zero-order valence-corrected chi connectivity index (χ0v) is 13.4. The Hall–Kier alpha value is -2.40. The highest BCUT2D eigenvalue weighted by atomic mass is 16.5. The fraction of sp³-hybridized carbons (Fsp3) is 0.333. The molecule has 3 rings (SSSR count). The Bertz CT molecular complexity index is 728. The van der Waals surface area contributed by atoms with Crippen LogP contribution in [0.4, 0.5) is 5.82 Å². The van der Waals surface area contributed by atoms with Crippen LogP contribution in [0.3, 0.4) is 0 Å². The summed E-state index contributed by atoms with van der Waals surface area (Å²) in [5, 5.41) is 2.83. The van der Waals surface area contributed by atoms with Crippen molar-refractivity contribution in [1.29, 1.82) is 0 Å². The van der Waals surface area contributed by atoms with Crippen LogP contribution in [-0.2, 0) is 11.2 Å². The van der Waals surface area contributed by atoms with E-state index in [-0.39, 0.29) is 17.9 Å². The first kappa shape index (κ1) is 15.5. The largest absolute Gasteiger partial charge is 0.493 e. The minimum Gasteiger partial charge on any atom is -0.493 e. The molecule has 3 N–H and O–H groups in total. The van der Waals surface area contributed by atoms with Gasteiger partial charge in [0.25, 0.3) is 0 Å². The summed E-state index contributed by atoms with van der Waals surface area (Å²) in [6, 6.07) is 11.5. The van der Waals surface area contributed by atoms with Gasteiger partial charge in [0.2, 0.25) is 5.91 Å². The Morgan fingerprint density at radius 1 is 1.30 bits per heavy atom. The van der Waals surface area contributed by atoms with Gasteiger partial charge in [0, 0.05) is 18.0 Å². The van der Waals surface area contributed by atoms with Crippen LogP contribution in [0.25, 0.3) is 11.3 Å². The van der Waals surface area contributed by atoms with Gasteiger partial charge in [-0.3, -0.25) is 4.79 Å². The molecule has 120 valence electrons. The summed E-state index contributed by atoms with van der Waals surface area (Å²) < 4.78 is 5.53. The van der Waals surface area contributed by atoms with Gasteiger partial charge in [0.05, 0.1) is 18.2 Å². The molecule has 2 aromatic rings. The lowest BCUT2D eigenvalue weighted by atomic mass is 10.0. The molecule has 23 heavy (non-hydrogen) atoms. The fourth-order valence-electron chi connectivity index (χ4n) is 2.49. The number of nitrogens with zero attached hydrogens (tertiary/aromatic N) is 1. The fourth-order valence-corrected chi connectivity index (χ4v) is 2.49. The summed E-state index contributed by atoms with van der Waals surface area (Å²) in [6.07, 6.45) is 0.922. The molecule has 0 aliphatic carbocycles. The maximum Gasteiger partial charge on any atom is 0.229 e. The van der Waals surface area contributed by atoms with E-state index in [9.17, 15) is 4.79 Å². The number of hydrogen-bond donors (Lipinski definition) is 2. The number of rotatable bonds is 4. The van der Waals surface area contributed by atoms with Crippen molar-refractivity contribution in [3.63, 3.8) is 0 Å². The van der Waals surface area contributed by atoms with Gasteiger partial charge in [-0.2, -0.15) is 0 Å². The van der Waals surface area contributed by atoms with Crippen LogP contribution in [0.2, 0.25) is 0 Å². The minimum absolute atomic E-state index is 0.119. The Morgan fingerprint density at radius 2 is 2.13 bits per heavy atom. The molecular formula is C18H21N3O2. The number of pyridine rings is 1. The SMILES string of the molecule is CC(N)C(C)C(=O)Nc1cccc(-c2ccc3c(c2)CCO3)n1. The van der Waals surface area contributed by atoms with Crippen molar-refractivity contribution >= 4 is 11.7 Å². The summed E-state index contributed by atoms with van der Waals surface area (Å²) in [6.45, 7) is 4.36. The highest BCUT2D eigenvalue weighted by molar-refractivity contribution is 5.92. The molecule has 1 aliphatic rings. The van der Waals surface area contributed by atoms with Gasteiger partial charge >= 0.3 is 0 Å². The Morgan fingerprint density at radius 3 is 2.91 bits per heavy atom. The average molecular weight is 311 g/mol. The van der Waals surface area contributed by atoms with Gasteiger partial charge in [-0.25, -0.2) is 4.98 Å². The second-order valence-corrected chi connectivity index (χ2v) is 5.97. The first-order valence-corrected chi connectivity index (χ1v) is 7.84. The van der Waals surface area contributed by atoms with Gasteiger partial charge in [0.15, 0.2) is 0 Å². The number of hydrogen-bond acceptors (Lipinski definition) is 4. The molecule has 2 unspecified atom stereocenters. The molecule has 0 fully saturated rings. The molecule has 0 saturated heterocycles. The Labute approximate surface area is 135 Å². The number of amides is 1. The van der Waals surface area contributed by atoms with Crippen molar-refractivity contribution in [1.82, 2.24) is 4.98 Å². The maximum absolute atomic E-state index is 12.1. The molecule has 1 aliphatic heterocycles. The van der Waals surface area contributed by atoms with Gasteiger partial charge in [-0.05, 0) is 42.8 Å². The van der Waals surface area contributed by atoms with Crippen LogP contribution >= 0.6 is 0 Å². The zero-order valence-electron chi connectivity index (χ0n) is 13.4. The predicted octanol–water partition coefficient (Wildman–Crippen LogP) is 2.61. The quantitative estimate of drug-likeness (QED) is 0.910. The normalized spacial score (nSPS) is 15.4. The van der Waals surface area contributed by atoms with Gasteiger partial charge in [-0.15, -0.1) is 0 Å². The standard InChI is InChI=1S/C18H21N3O2/c1-11(12(2)19)18(22)21-17-5-3-4-15(20-17)13-6-7-16-14(10-13)8-9-23-16/h3-7,10-12H,8-9,19H2,1-2H3,(H,20,21,22). The van der Waals surface area contributed by atoms with Crippen molar-refractivity contribution in [3.05, 3.63) is 42.0 Å². The molecule has 0 bridgehead atoms. The number of carbonyl (C=O) groups is 1. The maximum atomic E-state index is 12.1. The first-order valence-electron chi connectivity index (χ1n) is 7.84. The smallest absolute Gasteiger partial charge is 0.229 e. The van der Waals surface area contributed by atoms with Crippen molar-refractivity contribution in [2.75, 3.05) is 11.9 Å². The molecule has 0 saturated carbocycles. The summed E-state index contributed by atoms with van der Waals surface area (Å²) in [7, 11) is 0. The number of anilines is 1. The molecule has 5 heteroatoms. The van der Waals surface area contributed by atoms with Crippen molar-refractivity contribution < 1.29 is 9.53 Å². The Kier molecular flexibility index (Phi) is 4.30. The second kappa shape index (κ2) is 6.38. The van der Waals surface area contributed by atoms with E-state index in [2.05, 4.69) is 16.4 Å². The lowest BCUT2D eigenvalue weighted by Gasteiger charge is -2.15. The molecule has 0 radical (unpaired) electrons. The van der Waals surface area contributed by atoms with E-state index in [1.807, 2.05) is 38.1 Å². The zero-order chi connectivity index (χ0) is 16.4. The highest BCUT2D eigenvalue weighted by Crippen LogP contribution is 2.30. The number of nitrogens with one attached hydrogen (secondary N) is 1. The van der Waals surface area contributed by atoms with Gasteiger partial charge < -0.3 is 15.8 Å². The summed E-state index contributed by atoms with van der Waals surface area (Å²) in [5.41, 5.74) is 8.81. The average Bonchev–Trinajstić information content (AvgIpc) is 3.01. The Balaban J connectivity index is 1.81. The van der Waals surface area contributed by atoms with Crippen molar-refractivity contribution in [3.8, 4) is 17.0 Å². The monoisotopic (exact) mass is 311 g/mol. The summed E-state index contributed by atoms with van der Waals surface area (Å²) in [4.78, 5) is 16.6. The number of carbonyl (C=O) groups excluding carboxylic acids is 1. The first-order chi connectivity index (χ1) is 11.0. The van der Waals surface area contributed by atoms with E-state index in [0.717, 1.165) is 30.0 Å². The topological polar surface area (TPSA) is 77.2 Å². The number of fused-ring (bicyclic) bond motifs is 1. The molecule has 1 amide bonds. The number of ether oxygens (including phenoxy) is 1. The van der Waals surface area contributed by atoms with Crippen LogP contribution in [-0.4, -0.2) is 23.5 Å². The van der Waals surface area contributed by atoms with E-state index >= 15 is 0 Å². The highest BCUT2D eigenvalue weighted by Gasteiger charge is 2.18. The lowest BCUT2D eigenvalue weighted by molar-refractivity contribution is -0.119. The van der Waals surface area contributed by atoms with Crippen LogP contribution < -0.4 is 15.8 Å². The summed E-state index contributed by atoms with van der Waals surface area (Å²) >= 11 is 0. The molecule has 1 aromatic heterocycles. The molecule has 1 aromatic carbocycles. The molecule has 0 spiro atoms. The van der Waals surface area contributed by atoms with Crippen LogP contribution in [0.15, 0.2) is 36.4 Å². The number of nitrogens with two attached hydrogens (primary N) is 1. The molecule has 2 heterocycles. The third-order valence-electron chi connectivity index (χ3n) is 4.19. The summed E-state index contributed by atoms with van der Waals surface area (Å²) in [5.74, 6) is 1.10. The van der Waals surface area contributed by atoms with E-state index in [1.165, 1.54) is 5.56 Å². The van der Waals surface area contributed by atoms with E-state index in [0.29, 0.717) is 5.82 Å². The van der Waals surface area contributed by atoms with E-state index < -0.39 is 0 Å².